The molecule has 2 saturated carbocycles. The highest BCUT2D eigenvalue weighted by atomic mass is 16.1. The first-order valence-electron chi connectivity index (χ1n) is 14.3. The third kappa shape index (κ3) is 4.83. The van der Waals surface area contributed by atoms with Gasteiger partial charge in [0.2, 0.25) is 5.91 Å². The molecule has 3 aliphatic rings. The number of allylic oxidation sites excluding steroid dienone is 2. The van der Waals surface area contributed by atoms with Gasteiger partial charge in [-0.05, 0) is 91.8 Å². The highest BCUT2D eigenvalue weighted by Gasteiger charge is 2.63. The lowest BCUT2D eigenvalue weighted by atomic mass is 9.39. The SMILES string of the molecule is CC(=O)C[C@@H]1[C@@]2(C)C=C(C#N)C(=O)C(C)(C)[C@@H]2CC[C@@]1(C)C(C)(C)CCC1(C(N)=O)CCC(C)(C)CC1. The molecule has 0 radical (unpaired) electrons. The lowest BCUT2D eigenvalue weighted by Crippen LogP contribution is -2.60. The van der Waals surface area contributed by atoms with E-state index in [0.29, 0.717) is 6.42 Å². The second-order valence-electron chi connectivity index (χ2n) is 15.2. The Labute approximate surface area is 225 Å². The molecular formula is C32H50N2O3. The first-order chi connectivity index (χ1) is 16.8. The molecule has 0 aromatic rings. The minimum Gasteiger partial charge on any atom is -0.369 e. The van der Waals surface area contributed by atoms with Crippen molar-refractivity contribution in [3.05, 3.63) is 11.6 Å². The monoisotopic (exact) mass is 510 g/mol. The van der Waals surface area contributed by atoms with Gasteiger partial charge in [0.05, 0.1) is 5.57 Å². The van der Waals surface area contributed by atoms with Crippen LogP contribution in [-0.4, -0.2) is 17.5 Å². The van der Waals surface area contributed by atoms with Crippen LogP contribution in [0.4, 0.5) is 0 Å². The molecular weight excluding hydrogens is 460 g/mol. The summed E-state index contributed by atoms with van der Waals surface area (Å²) in [6.07, 6.45) is 9.40. The van der Waals surface area contributed by atoms with Crippen LogP contribution >= 0.6 is 0 Å². The molecule has 4 atom stereocenters. The number of nitrogens with two attached hydrogens (primary N) is 1. The van der Waals surface area contributed by atoms with Crippen molar-refractivity contribution in [2.24, 2.45) is 50.1 Å². The Kier molecular flexibility index (Phi) is 7.48. The standard InChI is InChI=1S/C32H50N2O3/c1-21(35)18-24-30(8)19-22(20-33)25(36)29(6,7)23(30)10-11-31(24,9)28(4,5)14-17-32(26(34)37)15-12-27(2,3)13-16-32/h19,23-24H,10-18H2,1-9H3,(H2,34,37)/t23-,24+,30-,31+/m0/s1. The number of hydrogen-bond acceptors (Lipinski definition) is 4. The molecule has 0 unspecified atom stereocenters. The molecule has 0 heterocycles. The van der Waals surface area contributed by atoms with Gasteiger partial charge in [0.1, 0.15) is 11.9 Å². The Morgan fingerprint density at radius 1 is 1.05 bits per heavy atom. The third-order valence-electron chi connectivity index (χ3n) is 11.8. The van der Waals surface area contributed by atoms with E-state index in [4.69, 9.17) is 5.73 Å². The number of rotatable bonds is 7. The van der Waals surface area contributed by atoms with Gasteiger partial charge >= 0.3 is 0 Å². The number of amides is 1. The molecule has 5 nitrogen and oxygen atoms in total. The van der Waals surface area contributed by atoms with Crippen LogP contribution in [0.2, 0.25) is 0 Å². The number of fused-ring (bicyclic) bond motifs is 1. The van der Waals surface area contributed by atoms with Gasteiger partial charge in [-0.25, -0.2) is 0 Å². The topological polar surface area (TPSA) is 101 Å². The van der Waals surface area contributed by atoms with E-state index in [9.17, 15) is 19.6 Å². The predicted molar refractivity (Wildman–Crippen MR) is 147 cm³/mol. The first-order valence-corrected chi connectivity index (χ1v) is 14.3. The average Bonchev–Trinajstić information content (AvgIpc) is 2.78. The van der Waals surface area contributed by atoms with Crippen molar-refractivity contribution in [3.8, 4) is 6.07 Å². The van der Waals surface area contributed by atoms with Crippen molar-refractivity contribution in [1.82, 2.24) is 0 Å². The number of carbonyl (C=O) groups excluding carboxylic acids is 3. The highest BCUT2D eigenvalue weighted by molar-refractivity contribution is 6.04. The van der Waals surface area contributed by atoms with Crippen LogP contribution in [0.5, 0.6) is 0 Å². The lowest BCUT2D eigenvalue weighted by molar-refractivity contribution is -0.156. The molecule has 1 amide bonds. The molecule has 0 aromatic carbocycles. The van der Waals surface area contributed by atoms with E-state index in [0.717, 1.165) is 51.4 Å². The maximum absolute atomic E-state index is 13.2. The fourth-order valence-electron chi connectivity index (χ4n) is 8.57. The van der Waals surface area contributed by atoms with Gasteiger partial charge in [-0.1, -0.05) is 61.5 Å². The van der Waals surface area contributed by atoms with E-state index in [2.05, 4.69) is 47.6 Å². The second kappa shape index (κ2) is 9.35. The fourth-order valence-corrected chi connectivity index (χ4v) is 8.57. The summed E-state index contributed by atoms with van der Waals surface area (Å²) in [6, 6.07) is 2.17. The number of primary amides is 1. The Morgan fingerprint density at radius 3 is 2.11 bits per heavy atom. The average molecular weight is 511 g/mol. The zero-order valence-corrected chi connectivity index (χ0v) is 24.8. The van der Waals surface area contributed by atoms with Crippen molar-refractivity contribution < 1.29 is 14.4 Å². The number of carbonyl (C=O) groups is 3. The van der Waals surface area contributed by atoms with Crippen LogP contribution in [0, 0.1) is 55.7 Å². The molecule has 2 N–H and O–H groups in total. The van der Waals surface area contributed by atoms with Gasteiger partial charge in [-0.3, -0.25) is 9.59 Å². The summed E-state index contributed by atoms with van der Waals surface area (Å²) >= 11 is 0. The summed E-state index contributed by atoms with van der Waals surface area (Å²) in [5, 5.41) is 9.85. The number of nitriles is 1. The van der Waals surface area contributed by atoms with E-state index >= 15 is 0 Å². The largest absolute Gasteiger partial charge is 0.369 e. The van der Waals surface area contributed by atoms with Gasteiger partial charge in [0.15, 0.2) is 5.78 Å². The molecule has 0 aromatic heterocycles. The summed E-state index contributed by atoms with van der Waals surface area (Å²) < 4.78 is 0. The van der Waals surface area contributed by atoms with Crippen LogP contribution < -0.4 is 5.73 Å². The number of ketones is 2. The second-order valence-corrected chi connectivity index (χ2v) is 15.2. The van der Waals surface area contributed by atoms with Gasteiger partial charge in [-0.2, -0.15) is 5.26 Å². The van der Waals surface area contributed by atoms with Crippen LogP contribution in [0.1, 0.15) is 120 Å². The maximum atomic E-state index is 13.2. The summed E-state index contributed by atoms with van der Waals surface area (Å²) in [5.74, 6) is -0.0645. The van der Waals surface area contributed by atoms with E-state index in [1.54, 1.807) is 6.92 Å². The Morgan fingerprint density at radius 2 is 1.62 bits per heavy atom. The van der Waals surface area contributed by atoms with Crippen molar-refractivity contribution in [2.75, 3.05) is 0 Å². The molecule has 0 aliphatic heterocycles. The normalized spacial score (nSPS) is 34.6. The van der Waals surface area contributed by atoms with Crippen LogP contribution in [-0.2, 0) is 14.4 Å². The van der Waals surface area contributed by atoms with E-state index in [1.165, 1.54) is 0 Å². The third-order valence-corrected chi connectivity index (χ3v) is 11.8. The van der Waals surface area contributed by atoms with Crippen LogP contribution in [0.15, 0.2) is 11.6 Å². The van der Waals surface area contributed by atoms with Gasteiger partial charge in [0, 0.05) is 17.3 Å². The molecule has 2 fully saturated rings. The van der Waals surface area contributed by atoms with Crippen LogP contribution in [0.3, 0.4) is 0 Å². The fraction of sp³-hybridized carbons (Fsp3) is 0.812. The molecule has 3 aliphatic carbocycles. The van der Waals surface area contributed by atoms with Crippen molar-refractivity contribution in [2.45, 2.75) is 120 Å². The number of hydrogen-bond donors (Lipinski definition) is 1. The highest BCUT2D eigenvalue weighted by Crippen LogP contribution is 2.68. The quantitative estimate of drug-likeness (QED) is 0.401. The minimum absolute atomic E-state index is 0.0169. The molecule has 37 heavy (non-hydrogen) atoms. The van der Waals surface area contributed by atoms with Gasteiger partial charge < -0.3 is 10.5 Å². The minimum atomic E-state index is -0.653. The van der Waals surface area contributed by atoms with Gasteiger partial charge in [0.25, 0.3) is 0 Å². The van der Waals surface area contributed by atoms with Gasteiger partial charge in [-0.15, -0.1) is 0 Å². The van der Waals surface area contributed by atoms with E-state index in [1.807, 2.05) is 19.9 Å². The van der Waals surface area contributed by atoms with E-state index < -0.39 is 16.2 Å². The van der Waals surface area contributed by atoms with Crippen molar-refractivity contribution in [1.29, 1.82) is 5.26 Å². The Bertz CT molecular complexity index is 1030. The molecule has 0 spiro atoms. The maximum Gasteiger partial charge on any atom is 0.223 e. The molecule has 0 bridgehead atoms. The summed E-state index contributed by atoms with van der Waals surface area (Å²) in [6.45, 7) is 19.2. The zero-order chi connectivity index (χ0) is 28.2. The van der Waals surface area contributed by atoms with Crippen molar-refractivity contribution in [3.63, 3.8) is 0 Å². The van der Waals surface area contributed by atoms with Crippen LogP contribution in [0.25, 0.3) is 0 Å². The zero-order valence-electron chi connectivity index (χ0n) is 24.8. The Hall–Kier alpha value is -1.96. The van der Waals surface area contributed by atoms with E-state index in [-0.39, 0.29) is 51.1 Å². The summed E-state index contributed by atoms with van der Waals surface area (Å²) in [4.78, 5) is 38.7. The Balaban J connectivity index is 2.02. The molecule has 3 rings (SSSR count). The number of nitrogens with zero attached hydrogens (tertiary/aromatic N) is 1. The molecule has 0 saturated heterocycles. The van der Waals surface area contributed by atoms with Crippen molar-refractivity contribution >= 4 is 17.5 Å². The summed E-state index contributed by atoms with van der Waals surface area (Å²) in [7, 11) is 0. The lowest BCUT2D eigenvalue weighted by Gasteiger charge is -2.64. The predicted octanol–water partition coefficient (Wildman–Crippen LogP) is 6.94. The smallest absolute Gasteiger partial charge is 0.223 e. The molecule has 206 valence electrons. The first kappa shape index (κ1) is 29.6. The number of Topliss-reactive ketones (excluding diaryl/α,β-unsaturated/α-hetero) is 2. The summed E-state index contributed by atoms with van der Waals surface area (Å²) in [5.41, 5.74) is 4.57. The molecule has 5 heteroatoms.